The zero-order valence-corrected chi connectivity index (χ0v) is 11.0. The van der Waals surface area contributed by atoms with E-state index >= 15 is 0 Å². The highest BCUT2D eigenvalue weighted by molar-refractivity contribution is 7.89. The zero-order valence-electron chi connectivity index (χ0n) is 10.2. The summed E-state index contributed by atoms with van der Waals surface area (Å²) in [6.45, 7) is 4.20. The minimum Gasteiger partial charge on any atom is -0.440 e. The lowest BCUT2D eigenvalue weighted by molar-refractivity contribution is -0.0443. The van der Waals surface area contributed by atoms with Crippen LogP contribution in [0.3, 0.4) is 0 Å². The molecule has 1 aromatic heterocycles. The van der Waals surface area contributed by atoms with E-state index in [0.717, 1.165) is 0 Å². The summed E-state index contributed by atoms with van der Waals surface area (Å²) in [5.41, 5.74) is 0. The molecule has 1 aromatic rings. The van der Waals surface area contributed by atoms with Crippen LogP contribution in [0.1, 0.15) is 24.4 Å². The van der Waals surface area contributed by atoms with E-state index in [1.165, 1.54) is 16.4 Å². The molecule has 1 saturated heterocycles. The summed E-state index contributed by atoms with van der Waals surface area (Å²) >= 11 is 0. The largest absolute Gasteiger partial charge is 0.440 e. The van der Waals surface area contributed by atoms with Crippen LogP contribution in [0, 0.1) is 0 Å². The van der Waals surface area contributed by atoms with Crippen molar-refractivity contribution in [2.75, 3.05) is 13.1 Å². The van der Waals surface area contributed by atoms with Crippen LogP contribution in [0.4, 0.5) is 0 Å². The van der Waals surface area contributed by atoms with Crippen LogP contribution in [-0.2, 0) is 14.8 Å². The number of carbonyl (C=O) groups excluding carboxylic acids is 1. The SMILES string of the molecule is CC1CN(S(=O)(=O)c2ccc(C=O)o2)CC(C)O1. The Morgan fingerprint density at radius 1 is 1.28 bits per heavy atom. The second-order valence-corrected chi connectivity index (χ2v) is 6.22. The van der Waals surface area contributed by atoms with Gasteiger partial charge in [-0.1, -0.05) is 0 Å². The molecule has 1 aliphatic heterocycles. The molecule has 0 N–H and O–H groups in total. The summed E-state index contributed by atoms with van der Waals surface area (Å²) in [4.78, 5) is 10.5. The third kappa shape index (κ3) is 2.47. The Bertz CT molecular complexity index is 525. The number of sulfonamides is 1. The van der Waals surface area contributed by atoms with Gasteiger partial charge in [-0.15, -0.1) is 0 Å². The lowest BCUT2D eigenvalue weighted by Gasteiger charge is -2.33. The van der Waals surface area contributed by atoms with Crippen molar-refractivity contribution in [3.05, 3.63) is 17.9 Å². The Kier molecular flexibility index (Phi) is 3.56. The quantitative estimate of drug-likeness (QED) is 0.764. The van der Waals surface area contributed by atoms with Gasteiger partial charge in [0, 0.05) is 13.1 Å². The molecule has 6 nitrogen and oxygen atoms in total. The number of furan rings is 1. The molecule has 7 heteroatoms. The second kappa shape index (κ2) is 4.83. The van der Waals surface area contributed by atoms with E-state index in [1.54, 1.807) is 0 Å². The van der Waals surface area contributed by atoms with Gasteiger partial charge in [-0.2, -0.15) is 4.31 Å². The monoisotopic (exact) mass is 273 g/mol. The molecular formula is C11H15NO5S. The molecule has 0 amide bonds. The molecule has 1 fully saturated rings. The first-order chi connectivity index (χ1) is 8.43. The Labute approximate surface area is 106 Å². The molecule has 0 saturated carbocycles. The molecule has 0 aromatic carbocycles. The Morgan fingerprint density at radius 2 is 1.89 bits per heavy atom. The lowest BCUT2D eigenvalue weighted by atomic mass is 10.3. The molecule has 0 aliphatic carbocycles. The number of nitrogens with zero attached hydrogens (tertiary/aromatic N) is 1. The average Bonchev–Trinajstić information content (AvgIpc) is 2.76. The summed E-state index contributed by atoms with van der Waals surface area (Å²) < 4.78 is 36.3. The minimum atomic E-state index is -3.69. The maximum Gasteiger partial charge on any atom is 0.276 e. The van der Waals surface area contributed by atoms with Crippen molar-refractivity contribution in [2.24, 2.45) is 0 Å². The highest BCUT2D eigenvalue weighted by Crippen LogP contribution is 2.22. The molecule has 1 aliphatic rings. The molecule has 18 heavy (non-hydrogen) atoms. The first-order valence-corrected chi connectivity index (χ1v) is 7.08. The normalized spacial score (nSPS) is 26.1. The van der Waals surface area contributed by atoms with Crippen molar-refractivity contribution >= 4 is 16.3 Å². The number of rotatable bonds is 3. The topological polar surface area (TPSA) is 76.8 Å². The van der Waals surface area contributed by atoms with E-state index in [0.29, 0.717) is 6.29 Å². The fourth-order valence-corrected chi connectivity index (χ4v) is 3.50. The van der Waals surface area contributed by atoms with E-state index in [2.05, 4.69) is 0 Å². The number of carbonyl (C=O) groups is 1. The number of hydrogen-bond acceptors (Lipinski definition) is 5. The predicted octanol–water partition coefficient (Wildman–Crippen LogP) is 0.890. The van der Waals surface area contributed by atoms with Crippen molar-refractivity contribution in [1.29, 1.82) is 0 Å². The van der Waals surface area contributed by atoms with Gasteiger partial charge in [0.05, 0.1) is 12.2 Å². The number of morpholine rings is 1. The van der Waals surface area contributed by atoms with Gasteiger partial charge in [0.15, 0.2) is 12.0 Å². The first kappa shape index (κ1) is 13.3. The second-order valence-electron chi connectivity index (χ2n) is 4.35. The van der Waals surface area contributed by atoms with Crippen LogP contribution in [-0.4, -0.2) is 44.3 Å². The van der Waals surface area contributed by atoms with Gasteiger partial charge in [0.1, 0.15) is 0 Å². The van der Waals surface area contributed by atoms with Crippen LogP contribution in [0.15, 0.2) is 21.6 Å². The maximum absolute atomic E-state index is 12.3. The van der Waals surface area contributed by atoms with E-state index in [4.69, 9.17) is 9.15 Å². The van der Waals surface area contributed by atoms with Gasteiger partial charge in [-0.05, 0) is 26.0 Å². The van der Waals surface area contributed by atoms with Crippen LogP contribution >= 0.6 is 0 Å². The summed E-state index contributed by atoms with van der Waals surface area (Å²) in [5, 5.41) is -0.203. The standard InChI is InChI=1S/C11H15NO5S/c1-8-5-12(6-9(2)16-8)18(14,15)11-4-3-10(7-13)17-11/h3-4,7-9H,5-6H2,1-2H3. The van der Waals surface area contributed by atoms with E-state index in [-0.39, 0.29) is 36.1 Å². The van der Waals surface area contributed by atoms with E-state index < -0.39 is 10.0 Å². The van der Waals surface area contributed by atoms with Crippen molar-refractivity contribution in [2.45, 2.75) is 31.1 Å². The third-order valence-electron chi connectivity index (χ3n) is 2.70. The average molecular weight is 273 g/mol. The first-order valence-electron chi connectivity index (χ1n) is 5.64. The van der Waals surface area contributed by atoms with Crippen LogP contribution in [0.2, 0.25) is 0 Å². The Morgan fingerprint density at radius 3 is 2.39 bits per heavy atom. The Hall–Kier alpha value is -1.18. The number of ether oxygens (including phenoxy) is 1. The van der Waals surface area contributed by atoms with Gasteiger partial charge in [0.25, 0.3) is 10.0 Å². The molecule has 100 valence electrons. The highest BCUT2D eigenvalue weighted by atomic mass is 32.2. The summed E-state index contributed by atoms with van der Waals surface area (Å²) in [6, 6.07) is 2.64. The van der Waals surface area contributed by atoms with Gasteiger partial charge in [-0.3, -0.25) is 4.79 Å². The fraction of sp³-hybridized carbons (Fsp3) is 0.545. The Balaban J connectivity index is 2.27. The minimum absolute atomic E-state index is 0.00271. The molecule has 0 radical (unpaired) electrons. The highest BCUT2D eigenvalue weighted by Gasteiger charge is 2.34. The predicted molar refractivity (Wildman–Crippen MR) is 62.9 cm³/mol. The van der Waals surface area contributed by atoms with Crippen LogP contribution in [0.5, 0.6) is 0 Å². The van der Waals surface area contributed by atoms with Crippen LogP contribution in [0.25, 0.3) is 0 Å². The molecular weight excluding hydrogens is 258 g/mol. The van der Waals surface area contributed by atoms with Gasteiger partial charge < -0.3 is 9.15 Å². The van der Waals surface area contributed by atoms with Gasteiger partial charge in [0.2, 0.25) is 5.09 Å². The molecule has 2 atom stereocenters. The lowest BCUT2D eigenvalue weighted by Crippen LogP contribution is -2.47. The zero-order chi connectivity index (χ0) is 13.3. The maximum atomic E-state index is 12.3. The molecule has 2 rings (SSSR count). The summed E-state index contributed by atoms with van der Waals surface area (Å²) in [7, 11) is -3.69. The number of aldehydes is 1. The van der Waals surface area contributed by atoms with E-state index in [9.17, 15) is 13.2 Å². The molecule has 2 heterocycles. The number of hydrogen-bond donors (Lipinski definition) is 0. The summed E-state index contributed by atoms with van der Waals surface area (Å²) in [5.74, 6) is 0.00271. The molecule has 0 spiro atoms. The summed E-state index contributed by atoms with van der Waals surface area (Å²) in [6.07, 6.45) is 0.150. The van der Waals surface area contributed by atoms with Crippen LogP contribution < -0.4 is 0 Å². The van der Waals surface area contributed by atoms with Gasteiger partial charge in [-0.25, -0.2) is 8.42 Å². The van der Waals surface area contributed by atoms with Crippen molar-refractivity contribution in [3.63, 3.8) is 0 Å². The van der Waals surface area contributed by atoms with Crippen molar-refractivity contribution in [1.82, 2.24) is 4.31 Å². The third-order valence-corrected chi connectivity index (χ3v) is 4.40. The van der Waals surface area contributed by atoms with Crippen molar-refractivity contribution in [3.8, 4) is 0 Å². The van der Waals surface area contributed by atoms with E-state index in [1.807, 2.05) is 13.8 Å². The van der Waals surface area contributed by atoms with Gasteiger partial charge >= 0.3 is 0 Å². The molecule has 0 bridgehead atoms. The van der Waals surface area contributed by atoms with Crippen molar-refractivity contribution < 1.29 is 22.4 Å². The smallest absolute Gasteiger partial charge is 0.276 e. The molecule has 2 unspecified atom stereocenters. The fourth-order valence-electron chi connectivity index (χ4n) is 1.99.